The minimum absolute atomic E-state index is 0.0281. The average Bonchev–Trinajstić information content (AvgIpc) is 3.18. The van der Waals surface area contributed by atoms with E-state index in [0.29, 0.717) is 31.9 Å². The second kappa shape index (κ2) is 7.59. The summed E-state index contributed by atoms with van der Waals surface area (Å²) in [6.45, 7) is 2.06. The largest absolute Gasteiger partial charge is 0.419 e. The molecule has 0 radical (unpaired) electrons. The Balaban J connectivity index is 1.59. The van der Waals surface area contributed by atoms with Gasteiger partial charge in [-0.25, -0.2) is 4.39 Å². The molecular formula is C20H16FN5O3. The summed E-state index contributed by atoms with van der Waals surface area (Å²) < 4.78 is 19.8. The smallest absolute Gasteiger partial charge is 0.282 e. The van der Waals surface area contributed by atoms with E-state index < -0.39 is 4.92 Å². The number of rotatable bonds is 4. The SMILES string of the molecule is N#Cc1nc(-c2ccccc2[N+](=O)[O-])oc1N1CCN(c2ccccc2F)CC1. The molecule has 0 unspecified atom stereocenters. The Bertz CT molecular complexity index is 1100. The number of piperazine rings is 1. The number of aromatic nitrogens is 1. The molecule has 0 saturated carbocycles. The third kappa shape index (κ3) is 3.48. The molecule has 2 aromatic carbocycles. The van der Waals surface area contributed by atoms with E-state index in [1.54, 1.807) is 30.3 Å². The van der Waals surface area contributed by atoms with Crippen LogP contribution in [-0.2, 0) is 0 Å². The first-order valence-corrected chi connectivity index (χ1v) is 8.97. The highest BCUT2D eigenvalue weighted by Crippen LogP contribution is 2.34. The van der Waals surface area contributed by atoms with Crippen LogP contribution in [0.15, 0.2) is 52.9 Å². The zero-order chi connectivity index (χ0) is 20.4. The molecule has 0 bridgehead atoms. The van der Waals surface area contributed by atoms with Crippen molar-refractivity contribution in [1.29, 1.82) is 5.26 Å². The van der Waals surface area contributed by atoms with Crippen molar-refractivity contribution in [2.45, 2.75) is 0 Å². The lowest BCUT2D eigenvalue weighted by atomic mass is 10.2. The zero-order valence-corrected chi connectivity index (χ0v) is 15.3. The van der Waals surface area contributed by atoms with E-state index in [1.165, 1.54) is 18.2 Å². The number of nitro groups is 1. The molecule has 29 heavy (non-hydrogen) atoms. The van der Waals surface area contributed by atoms with Crippen LogP contribution in [0.3, 0.4) is 0 Å². The summed E-state index contributed by atoms with van der Waals surface area (Å²) in [6.07, 6.45) is 0. The molecule has 1 saturated heterocycles. The van der Waals surface area contributed by atoms with Gasteiger partial charge in [0.2, 0.25) is 17.5 Å². The van der Waals surface area contributed by atoms with Crippen LogP contribution < -0.4 is 9.80 Å². The lowest BCUT2D eigenvalue weighted by molar-refractivity contribution is -0.384. The van der Waals surface area contributed by atoms with E-state index in [1.807, 2.05) is 15.9 Å². The molecule has 4 rings (SSSR count). The number of nitrogens with zero attached hydrogens (tertiary/aromatic N) is 5. The van der Waals surface area contributed by atoms with Gasteiger partial charge < -0.3 is 14.2 Å². The highest BCUT2D eigenvalue weighted by molar-refractivity contribution is 5.69. The van der Waals surface area contributed by atoms with Gasteiger partial charge in [0.1, 0.15) is 17.4 Å². The van der Waals surface area contributed by atoms with E-state index in [0.717, 1.165) is 0 Å². The van der Waals surface area contributed by atoms with Gasteiger partial charge in [0, 0.05) is 32.2 Å². The molecular weight excluding hydrogens is 377 g/mol. The number of hydrogen-bond acceptors (Lipinski definition) is 7. The standard InChI is InChI=1S/C20H16FN5O3/c21-15-6-2-4-8-18(15)24-9-11-25(12-10-24)20-16(13-22)23-19(29-20)14-5-1-3-7-17(14)26(27)28/h1-8H,9-12H2. The first kappa shape index (κ1) is 18.4. The van der Waals surface area contributed by atoms with Crippen LogP contribution in [0, 0.1) is 27.3 Å². The van der Waals surface area contributed by atoms with Gasteiger partial charge in [-0.2, -0.15) is 10.2 Å². The quantitative estimate of drug-likeness (QED) is 0.493. The molecule has 146 valence electrons. The van der Waals surface area contributed by atoms with Crippen molar-refractivity contribution in [3.8, 4) is 17.5 Å². The van der Waals surface area contributed by atoms with Crippen molar-refractivity contribution in [2.24, 2.45) is 0 Å². The van der Waals surface area contributed by atoms with E-state index in [4.69, 9.17) is 4.42 Å². The minimum atomic E-state index is -0.515. The van der Waals surface area contributed by atoms with Crippen molar-refractivity contribution < 1.29 is 13.7 Å². The van der Waals surface area contributed by atoms with Crippen LogP contribution in [0.4, 0.5) is 21.6 Å². The molecule has 0 atom stereocenters. The Morgan fingerprint density at radius 1 is 1.07 bits per heavy atom. The summed E-state index contributed by atoms with van der Waals surface area (Å²) in [5, 5.41) is 20.7. The molecule has 8 nitrogen and oxygen atoms in total. The van der Waals surface area contributed by atoms with Crippen LogP contribution in [-0.4, -0.2) is 36.1 Å². The van der Waals surface area contributed by atoms with Crippen molar-refractivity contribution >= 4 is 17.3 Å². The van der Waals surface area contributed by atoms with Crippen LogP contribution in [0.1, 0.15) is 5.69 Å². The Labute approximate surface area is 165 Å². The molecule has 0 spiro atoms. The van der Waals surface area contributed by atoms with Gasteiger partial charge in [-0.15, -0.1) is 0 Å². The van der Waals surface area contributed by atoms with Crippen LogP contribution >= 0.6 is 0 Å². The van der Waals surface area contributed by atoms with Crippen LogP contribution in [0.25, 0.3) is 11.5 Å². The van der Waals surface area contributed by atoms with Gasteiger partial charge in [-0.05, 0) is 18.2 Å². The number of nitriles is 1. The highest BCUT2D eigenvalue weighted by atomic mass is 19.1. The number of nitro benzene ring substituents is 1. The van der Waals surface area contributed by atoms with Crippen LogP contribution in [0.5, 0.6) is 0 Å². The minimum Gasteiger partial charge on any atom is -0.419 e. The molecule has 1 aromatic heterocycles. The average molecular weight is 393 g/mol. The third-order valence-corrected chi connectivity index (χ3v) is 4.81. The normalized spacial score (nSPS) is 13.9. The maximum absolute atomic E-state index is 14.0. The Kier molecular flexibility index (Phi) is 4.83. The summed E-state index contributed by atoms with van der Waals surface area (Å²) in [6, 6.07) is 14.7. The highest BCUT2D eigenvalue weighted by Gasteiger charge is 2.27. The molecule has 1 aliphatic heterocycles. The Hall–Kier alpha value is -3.93. The molecule has 3 aromatic rings. The Morgan fingerprint density at radius 3 is 2.41 bits per heavy atom. The topological polar surface area (TPSA) is 99.4 Å². The predicted molar refractivity (Wildman–Crippen MR) is 104 cm³/mol. The summed E-state index contributed by atoms with van der Waals surface area (Å²) in [5.41, 5.74) is 0.669. The third-order valence-electron chi connectivity index (χ3n) is 4.81. The number of benzene rings is 2. The van der Waals surface area contributed by atoms with Gasteiger partial charge in [0.25, 0.3) is 5.69 Å². The second-order valence-corrected chi connectivity index (χ2v) is 6.48. The summed E-state index contributed by atoms with van der Waals surface area (Å²) in [4.78, 5) is 18.7. The number of halogens is 1. The van der Waals surface area contributed by atoms with Crippen LogP contribution in [0.2, 0.25) is 0 Å². The van der Waals surface area contributed by atoms with Gasteiger partial charge in [0.15, 0.2) is 0 Å². The maximum atomic E-state index is 14.0. The first-order valence-electron chi connectivity index (χ1n) is 8.97. The monoisotopic (exact) mass is 393 g/mol. The van der Waals surface area contributed by atoms with Crippen molar-refractivity contribution in [2.75, 3.05) is 36.0 Å². The number of para-hydroxylation sites is 2. The first-order chi connectivity index (χ1) is 14.1. The van der Waals surface area contributed by atoms with Gasteiger partial charge in [-0.3, -0.25) is 10.1 Å². The fourth-order valence-corrected chi connectivity index (χ4v) is 3.39. The fraction of sp³-hybridized carbons (Fsp3) is 0.200. The van der Waals surface area contributed by atoms with Gasteiger partial charge in [0.05, 0.1) is 10.6 Å². The lowest BCUT2D eigenvalue weighted by Gasteiger charge is -2.36. The van der Waals surface area contributed by atoms with Crippen molar-refractivity contribution in [1.82, 2.24) is 4.98 Å². The lowest BCUT2D eigenvalue weighted by Crippen LogP contribution is -2.47. The van der Waals surface area contributed by atoms with E-state index >= 15 is 0 Å². The van der Waals surface area contributed by atoms with E-state index in [-0.39, 0.29) is 34.5 Å². The molecule has 2 heterocycles. The zero-order valence-electron chi connectivity index (χ0n) is 15.3. The summed E-state index contributed by atoms with van der Waals surface area (Å²) >= 11 is 0. The molecule has 1 aliphatic rings. The molecule has 0 amide bonds. The van der Waals surface area contributed by atoms with Gasteiger partial charge in [-0.1, -0.05) is 24.3 Å². The maximum Gasteiger partial charge on any atom is 0.282 e. The van der Waals surface area contributed by atoms with Crippen molar-refractivity contribution in [3.63, 3.8) is 0 Å². The summed E-state index contributed by atoms with van der Waals surface area (Å²) in [5.74, 6) is 0.0196. The van der Waals surface area contributed by atoms with E-state index in [9.17, 15) is 19.8 Å². The second-order valence-electron chi connectivity index (χ2n) is 6.48. The van der Waals surface area contributed by atoms with E-state index in [2.05, 4.69) is 4.98 Å². The van der Waals surface area contributed by atoms with Gasteiger partial charge >= 0.3 is 0 Å². The number of oxazole rings is 1. The Morgan fingerprint density at radius 2 is 1.72 bits per heavy atom. The number of anilines is 2. The number of hydrogen-bond donors (Lipinski definition) is 0. The molecule has 0 aliphatic carbocycles. The summed E-state index contributed by atoms with van der Waals surface area (Å²) in [7, 11) is 0. The van der Waals surface area contributed by atoms with Crippen molar-refractivity contribution in [3.05, 3.63) is 70.2 Å². The molecule has 0 N–H and O–H groups in total. The molecule has 9 heteroatoms. The fourth-order valence-electron chi connectivity index (χ4n) is 3.39. The molecule has 1 fully saturated rings. The predicted octanol–water partition coefficient (Wildman–Crippen LogP) is 3.59.